The van der Waals surface area contributed by atoms with Crippen LogP contribution in [-0.2, 0) is 11.2 Å². The number of carbonyl (C=O) groups is 1. The third-order valence-corrected chi connectivity index (χ3v) is 3.39. The second-order valence-corrected chi connectivity index (χ2v) is 4.89. The molecule has 2 aromatic rings. The van der Waals surface area contributed by atoms with E-state index in [1.807, 2.05) is 24.3 Å². The van der Waals surface area contributed by atoms with Crippen LogP contribution >= 0.6 is 0 Å². The van der Waals surface area contributed by atoms with Gasteiger partial charge in [-0.1, -0.05) is 30.3 Å². The van der Waals surface area contributed by atoms with Crippen molar-refractivity contribution in [3.05, 3.63) is 59.7 Å². The number of anilines is 1. The smallest absolute Gasteiger partial charge is 0.339 e. The molecule has 0 atom stereocenters. The molecule has 0 heterocycles. The Morgan fingerprint density at radius 1 is 1.18 bits per heavy atom. The Labute approximate surface area is 131 Å². The lowest BCUT2D eigenvalue weighted by Crippen LogP contribution is -2.07. The molecule has 0 aliphatic rings. The first kappa shape index (κ1) is 16.0. The van der Waals surface area contributed by atoms with Crippen LogP contribution in [0.2, 0.25) is 0 Å². The van der Waals surface area contributed by atoms with Crippen molar-refractivity contribution in [1.29, 1.82) is 0 Å². The number of esters is 1. The van der Waals surface area contributed by atoms with E-state index in [1.54, 1.807) is 20.1 Å². The van der Waals surface area contributed by atoms with Crippen molar-refractivity contribution >= 4 is 19.6 Å². The quantitative estimate of drug-likeness (QED) is 0.484. The van der Waals surface area contributed by atoms with Gasteiger partial charge in [-0.05, 0) is 30.5 Å². The van der Waals surface area contributed by atoms with E-state index in [1.165, 1.54) is 12.7 Å². The molecule has 0 bridgehead atoms. The molecule has 0 aromatic heterocycles. The van der Waals surface area contributed by atoms with Crippen molar-refractivity contribution < 1.29 is 14.3 Å². The fraction of sp³-hybridized carbons (Fsp3) is 0.235. The molecule has 0 saturated heterocycles. The van der Waals surface area contributed by atoms with Gasteiger partial charge in [-0.25, -0.2) is 4.79 Å². The summed E-state index contributed by atoms with van der Waals surface area (Å²) in [4.78, 5) is 11.6. The third-order valence-electron chi connectivity index (χ3n) is 3.39. The number of nitrogens with one attached hydrogen (secondary N) is 1. The number of methoxy groups -OCH3 is 1. The summed E-state index contributed by atoms with van der Waals surface area (Å²) in [5.74, 6) is 0.380. The number of aryl methyl sites for hydroxylation is 1. The number of hydrogen-bond donors (Lipinski definition) is 1. The fourth-order valence-corrected chi connectivity index (χ4v) is 2.22. The van der Waals surface area contributed by atoms with Crippen molar-refractivity contribution in [2.24, 2.45) is 0 Å². The Hall–Kier alpha value is -2.43. The van der Waals surface area contributed by atoms with Gasteiger partial charge in [-0.15, -0.1) is 0 Å². The summed E-state index contributed by atoms with van der Waals surface area (Å²) < 4.78 is 10.5. The Morgan fingerprint density at radius 3 is 2.64 bits per heavy atom. The average molecular weight is 297 g/mol. The lowest BCUT2D eigenvalue weighted by molar-refractivity contribution is 0.0602. The zero-order valence-electron chi connectivity index (χ0n) is 13.0. The van der Waals surface area contributed by atoms with E-state index >= 15 is 0 Å². The predicted molar refractivity (Wildman–Crippen MR) is 90.2 cm³/mol. The molecule has 0 radical (unpaired) electrons. The van der Waals surface area contributed by atoms with Crippen LogP contribution < -0.4 is 9.96 Å². The molecule has 2 aromatic carbocycles. The molecule has 0 saturated carbocycles. The zero-order chi connectivity index (χ0) is 15.8. The van der Waals surface area contributed by atoms with Crippen LogP contribution in [0.25, 0.3) is 0 Å². The highest BCUT2D eigenvalue weighted by atomic mass is 16.5. The molecule has 0 aliphatic carbocycles. The molecule has 5 heteroatoms. The number of rotatable bonds is 7. The Kier molecular flexibility index (Phi) is 5.89. The summed E-state index contributed by atoms with van der Waals surface area (Å²) in [6.45, 7) is 0.635. The van der Waals surface area contributed by atoms with E-state index < -0.39 is 0 Å². The van der Waals surface area contributed by atoms with Gasteiger partial charge in [-0.2, -0.15) is 0 Å². The van der Waals surface area contributed by atoms with Crippen molar-refractivity contribution in [2.75, 3.05) is 18.9 Å². The van der Waals surface area contributed by atoms with Crippen LogP contribution in [0.15, 0.2) is 48.5 Å². The van der Waals surface area contributed by atoms with E-state index in [9.17, 15) is 4.79 Å². The highest BCUT2D eigenvalue weighted by molar-refractivity contribution is 6.17. The molecule has 0 fully saturated rings. The molecule has 0 aliphatic heterocycles. The molecule has 4 nitrogen and oxygen atoms in total. The predicted octanol–water partition coefficient (Wildman–Crippen LogP) is 2.44. The average Bonchev–Trinajstić information content (AvgIpc) is 2.58. The summed E-state index contributed by atoms with van der Waals surface area (Å²) in [5.41, 5.74) is 2.51. The van der Waals surface area contributed by atoms with E-state index in [-0.39, 0.29) is 5.97 Å². The molecular formula is C17H20BNO3. The van der Waals surface area contributed by atoms with Crippen molar-refractivity contribution in [3.63, 3.8) is 0 Å². The molecular weight excluding hydrogens is 277 g/mol. The molecule has 1 N–H and O–H groups in total. The maximum atomic E-state index is 11.6. The Bertz CT molecular complexity index is 617. The first-order chi connectivity index (χ1) is 10.7. The monoisotopic (exact) mass is 297 g/mol. The van der Waals surface area contributed by atoms with E-state index in [4.69, 9.17) is 9.47 Å². The van der Waals surface area contributed by atoms with Crippen LogP contribution in [0.4, 0.5) is 5.69 Å². The Morgan fingerprint density at radius 2 is 1.95 bits per heavy atom. The minimum Gasteiger partial charge on any atom is -0.494 e. The van der Waals surface area contributed by atoms with Gasteiger partial charge in [0.2, 0.25) is 7.98 Å². The van der Waals surface area contributed by atoms with Gasteiger partial charge in [0.15, 0.2) is 0 Å². The van der Waals surface area contributed by atoms with E-state index in [0.29, 0.717) is 17.9 Å². The lowest BCUT2D eigenvalue weighted by Gasteiger charge is -2.11. The van der Waals surface area contributed by atoms with Gasteiger partial charge in [0, 0.05) is 11.8 Å². The van der Waals surface area contributed by atoms with Crippen LogP contribution in [0, 0.1) is 0 Å². The first-order valence-corrected chi connectivity index (χ1v) is 7.31. The number of ether oxygens (including phenoxy) is 2. The molecule has 0 amide bonds. The number of benzene rings is 2. The minimum atomic E-state index is -0.361. The molecule has 0 spiro atoms. The van der Waals surface area contributed by atoms with Gasteiger partial charge >= 0.3 is 5.97 Å². The normalized spacial score (nSPS) is 10.0. The third kappa shape index (κ3) is 4.28. The number of carbonyl (C=O) groups excluding carboxylic acids is 1. The summed E-state index contributed by atoms with van der Waals surface area (Å²) >= 11 is 0. The van der Waals surface area contributed by atoms with Gasteiger partial charge in [-0.3, -0.25) is 0 Å². The molecule has 0 unspecified atom stereocenters. The summed E-state index contributed by atoms with van der Waals surface area (Å²) in [6, 6.07) is 15.6. The van der Waals surface area contributed by atoms with Gasteiger partial charge in [0.25, 0.3) is 0 Å². The minimum absolute atomic E-state index is 0.361. The number of hydrogen-bond acceptors (Lipinski definition) is 4. The standard InChI is InChI=1S/C17H20BNO3/c1-21-17(20)15-10-9-14(12-16(15)19-18)22-11-5-8-13-6-3-2-4-7-13/h2-4,6-7,9-10,12,19H,5,8,11,18H2,1H3. The van der Waals surface area contributed by atoms with Crippen LogP contribution in [-0.4, -0.2) is 27.7 Å². The first-order valence-electron chi connectivity index (χ1n) is 7.31. The van der Waals surface area contributed by atoms with Crippen molar-refractivity contribution in [2.45, 2.75) is 12.8 Å². The topological polar surface area (TPSA) is 47.6 Å². The largest absolute Gasteiger partial charge is 0.494 e. The van der Waals surface area contributed by atoms with Crippen LogP contribution in [0.1, 0.15) is 22.3 Å². The van der Waals surface area contributed by atoms with Gasteiger partial charge in [0.1, 0.15) is 5.75 Å². The highest BCUT2D eigenvalue weighted by Gasteiger charge is 2.11. The lowest BCUT2D eigenvalue weighted by atomic mass is 10.1. The van der Waals surface area contributed by atoms with Crippen molar-refractivity contribution in [1.82, 2.24) is 0 Å². The summed E-state index contributed by atoms with van der Waals surface area (Å²) in [5, 5.41) is 2.99. The maximum absolute atomic E-state index is 11.6. The van der Waals surface area contributed by atoms with Crippen molar-refractivity contribution in [3.8, 4) is 5.75 Å². The van der Waals surface area contributed by atoms with E-state index in [2.05, 4.69) is 17.4 Å². The van der Waals surface area contributed by atoms with Crippen LogP contribution in [0.3, 0.4) is 0 Å². The zero-order valence-corrected chi connectivity index (χ0v) is 13.0. The maximum Gasteiger partial charge on any atom is 0.339 e. The molecule has 114 valence electrons. The molecule has 22 heavy (non-hydrogen) atoms. The Balaban J connectivity index is 1.89. The fourth-order valence-electron chi connectivity index (χ4n) is 2.22. The SMILES string of the molecule is BNc1cc(OCCCc2ccccc2)ccc1C(=O)OC. The highest BCUT2D eigenvalue weighted by Crippen LogP contribution is 2.23. The molecule has 2 rings (SSSR count). The summed E-state index contributed by atoms with van der Waals surface area (Å²) in [7, 11) is 3.14. The second-order valence-electron chi connectivity index (χ2n) is 4.89. The van der Waals surface area contributed by atoms with Crippen LogP contribution in [0.5, 0.6) is 5.75 Å². The summed E-state index contributed by atoms with van der Waals surface area (Å²) in [6.07, 6.45) is 1.93. The van der Waals surface area contributed by atoms with Gasteiger partial charge < -0.3 is 14.7 Å². The second kappa shape index (κ2) is 8.12. The van der Waals surface area contributed by atoms with Gasteiger partial charge in [0.05, 0.1) is 19.3 Å². The van der Waals surface area contributed by atoms with E-state index in [0.717, 1.165) is 18.6 Å².